The number of likely N-dealkylation sites (tertiary alicyclic amines) is 1. The molecule has 2 saturated heterocycles. The number of amides is 1. The molecule has 2 aromatic rings. The van der Waals surface area contributed by atoms with Crippen LogP contribution in [0.4, 0.5) is 5.69 Å². The lowest BCUT2D eigenvalue weighted by molar-refractivity contribution is -0.125. The van der Waals surface area contributed by atoms with Gasteiger partial charge in [0.15, 0.2) is 0 Å². The predicted octanol–water partition coefficient (Wildman–Crippen LogP) is 5.79. The van der Waals surface area contributed by atoms with Gasteiger partial charge >= 0.3 is 0 Å². The van der Waals surface area contributed by atoms with Crippen molar-refractivity contribution in [1.29, 1.82) is 0 Å². The summed E-state index contributed by atoms with van der Waals surface area (Å²) in [4.78, 5) is 16.0. The molecule has 2 aliphatic rings. The predicted molar refractivity (Wildman–Crippen MR) is 134 cm³/mol. The average molecular weight is 491 g/mol. The molecule has 1 atom stereocenters. The lowest BCUT2D eigenvalue weighted by Crippen LogP contribution is -2.45. The van der Waals surface area contributed by atoms with Crippen LogP contribution in [0, 0.1) is 5.92 Å². The summed E-state index contributed by atoms with van der Waals surface area (Å²) in [5.74, 6) is 1.49. The summed E-state index contributed by atoms with van der Waals surface area (Å²) in [5.41, 5.74) is 0.773. The Balaban J connectivity index is 1.38. The fraction of sp³-hybridized carbons (Fsp3) is 0.500. The number of piperidine rings is 1. The van der Waals surface area contributed by atoms with Crippen LogP contribution in [0.3, 0.4) is 0 Å². The Labute approximate surface area is 206 Å². The highest BCUT2D eigenvalue weighted by molar-refractivity contribution is 6.35. The minimum absolute atomic E-state index is 0.0806. The van der Waals surface area contributed by atoms with Gasteiger partial charge in [-0.15, -0.1) is 0 Å². The molecule has 2 fully saturated rings. The van der Waals surface area contributed by atoms with Gasteiger partial charge in [0.25, 0.3) is 0 Å². The van der Waals surface area contributed by atoms with Crippen molar-refractivity contribution in [3.63, 3.8) is 0 Å². The summed E-state index contributed by atoms with van der Waals surface area (Å²) >= 11 is 12.6. The molecule has 2 heterocycles. The number of anilines is 1. The minimum atomic E-state index is -0.749. The van der Waals surface area contributed by atoms with Crippen molar-refractivity contribution in [2.24, 2.45) is 5.92 Å². The van der Waals surface area contributed by atoms with Crippen LogP contribution in [0.1, 0.15) is 38.2 Å². The van der Waals surface area contributed by atoms with E-state index in [4.69, 9.17) is 32.7 Å². The molecule has 0 spiro atoms. The van der Waals surface area contributed by atoms with Crippen LogP contribution in [0.5, 0.6) is 5.75 Å². The highest BCUT2D eigenvalue weighted by Crippen LogP contribution is 2.40. The standard InChI is InChI=1S/C26H32Cl2N2O3/c1-19-3-2-12-30(18-19)13-16-33-22-7-5-21(6-8-22)29-25(31)26(10-14-32-15-11-26)23-9-4-20(27)17-24(23)28/h4-9,17,19H,2-3,10-16,18H2,1H3,(H,29,31)/t19-/m1/s1. The van der Waals surface area contributed by atoms with E-state index in [1.807, 2.05) is 30.3 Å². The van der Waals surface area contributed by atoms with Crippen LogP contribution in [0.25, 0.3) is 0 Å². The molecule has 0 radical (unpaired) electrons. The SMILES string of the molecule is C[C@@H]1CCCN(CCOc2ccc(NC(=O)C3(c4ccc(Cl)cc4Cl)CCOCC3)cc2)C1. The molecule has 4 rings (SSSR count). The van der Waals surface area contributed by atoms with Crippen LogP contribution >= 0.6 is 23.2 Å². The third kappa shape index (κ3) is 6.02. The summed E-state index contributed by atoms with van der Waals surface area (Å²) in [6, 6.07) is 12.9. The third-order valence-electron chi connectivity index (χ3n) is 6.76. The number of ether oxygens (including phenoxy) is 2. The smallest absolute Gasteiger partial charge is 0.235 e. The molecule has 2 aromatic carbocycles. The number of carbonyl (C=O) groups excluding carboxylic acids is 1. The monoisotopic (exact) mass is 490 g/mol. The number of halogens is 2. The van der Waals surface area contributed by atoms with E-state index in [0.29, 0.717) is 42.7 Å². The van der Waals surface area contributed by atoms with E-state index in [-0.39, 0.29) is 5.91 Å². The number of hydrogen-bond donors (Lipinski definition) is 1. The highest BCUT2D eigenvalue weighted by atomic mass is 35.5. The quantitative estimate of drug-likeness (QED) is 0.533. The molecule has 2 aliphatic heterocycles. The summed E-state index contributed by atoms with van der Waals surface area (Å²) in [6.07, 6.45) is 3.72. The van der Waals surface area contributed by atoms with Crippen molar-refractivity contribution < 1.29 is 14.3 Å². The lowest BCUT2D eigenvalue weighted by Gasteiger charge is -2.36. The molecule has 1 N–H and O–H groups in total. The van der Waals surface area contributed by atoms with E-state index in [9.17, 15) is 4.79 Å². The number of hydrogen-bond acceptors (Lipinski definition) is 4. The zero-order valence-corrected chi connectivity index (χ0v) is 20.6. The fourth-order valence-electron chi connectivity index (χ4n) is 4.88. The topological polar surface area (TPSA) is 50.8 Å². The van der Waals surface area contributed by atoms with Gasteiger partial charge in [-0.1, -0.05) is 36.2 Å². The molecule has 1 amide bonds. The van der Waals surface area contributed by atoms with Gasteiger partial charge in [0.2, 0.25) is 5.91 Å². The van der Waals surface area contributed by atoms with Crippen molar-refractivity contribution >= 4 is 34.8 Å². The maximum Gasteiger partial charge on any atom is 0.235 e. The first-order valence-electron chi connectivity index (χ1n) is 11.8. The summed E-state index contributed by atoms with van der Waals surface area (Å²) in [5, 5.41) is 4.14. The van der Waals surface area contributed by atoms with Crippen molar-refractivity contribution in [1.82, 2.24) is 4.90 Å². The average Bonchev–Trinajstić information content (AvgIpc) is 2.81. The van der Waals surface area contributed by atoms with Crippen molar-refractivity contribution in [3.8, 4) is 5.75 Å². The number of carbonyl (C=O) groups is 1. The molecule has 7 heteroatoms. The summed E-state index contributed by atoms with van der Waals surface area (Å²) in [7, 11) is 0. The van der Waals surface area contributed by atoms with Gasteiger partial charge in [-0.25, -0.2) is 0 Å². The highest BCUT2D eigenvalue weighted by Gasteiger charge is 2.43. The van der Waals surface area contributed by atoms with Gasteiger partial charge < -0.3 is 14.8 Å². The second-order valence-corrected chi connectivity index (χ2v) is 10.0. The normalized spacial score (nSPS) is 20.9. The van der Waals surface area contributed by atoms with Gasteiger partial charge in [-0.05, 0) is 80.1 Å². The summed E-state index contributed by atoms with van der Waals surface area (Å²) in [6.45, 7) is 7.24. The molecule has 0 aliphatic carbocycles. The van der Waals surface area contributed by atoms with Crippen LogP contribution in [0.15, 0.2) is 42.5 Å². The van der Waals surface area contributed by atoms with Gasteiger partial charge in [0.05, 0.1) is 5.41 Å². The molecule has 33 heavy (non-hydrogen) atoms. The Morgan fingerprint density at radius 1 is 1.18 bits per heavy atom. The molecular formula is C26H32Cl2N2O3. The molecular weight excluding hydrogens is 459 g/mol. The molecule has 5 nitrogen and oxygen atoms in total. The molecule has 0 unspecified atom stereocenters. The first-order valence-corrected chi connectivity index (χ1v) is 12.5. The van der Waals surface area contributed by atoms with Gasteiger partial charge in [-0.3, -0.25) is 9.69 Å². The zero-order valence-electron chi connectivity index (χ0n) is 19.1. The van der Waals surface area contributed by atoms with E-state index in [0.717, 1.165) is 42.6 Å². The number of nitrogens with one attached hydrogen (secondary N) is 1. The second kappa shape index (κ2) is 11.1. The number of benzene rings is 2. The van der Waals surface area contributed by atoms with E-state index in [1.165, 1.54) is 12.8 Å². The van der Waals surface area contributed by atoms with E-state index >= 15 is 0 Å². The van der Waals surface area contributed by atoms with Crippen molar-refractivity contribution in [2.75, 3.05) is 44.8 Å². The van der Waals surface area contributed by atoms with Crippen LogP contribution in [-0.4, -0.2) is 50.3 Å². The molecule has 0 bridgehead atoms. The maximum atomic E-state index is 13.5. The van der Waals surface area contributed by atoms with E-state index in [1.54, 1.807) is 12.1 Å². The number of nitrogens with zero attached hydrogens (tertiary/aromatic N) is 1. The molecule has 178 valence electrons. The van der Waals surface area contributed by atoms with Crippen LogP contribution < -0.4 is 10.1 Å². The van der Waals surface area contributed by atoms with Crippen molar-refractivity contribution in [2.45, 2.75) is 38.0 Å². The van der Waals surface area contributed by atoms with Crippen LogP contribution in [-0.2, 0) is 14.9 Å². The first-order chi connectivity index (χ1) is 16.0. The lowest BCUT2D eigenvalue weighted by atomic mass is 9.73. The third-order valence-corrected chi connectivity index (χ3v) is 7.31. The zero-order chi connectivity index (χ0) is 23.3. The minimum Gasteiger partial charge on any atom is -0.492 e. The van der Waals surface area contributed by atoms with Crippen LogP contribution in [0.2, 0.25) is 10.0 Å². The van der Waals surface area contributed by atoms with Gasteiger partial charge in [-0.2, -0.15) is 0 Å². The van der Waals surface area contributed by atoms with Gasteiger partial charge in [0, 0.05) is 42.0 Å². The second-order valence-electron chi connectivity index (χ2n) is 9.19. The Morgan fingerprint density at radius 3 is 2.64 bits per heavy atom. The number of rotatable bonds is 7. The largest absolute Gasteiger partial charge is 0.492 e. The Bertz CT molecular complexity index is 945. The maximum absolute atomic E-state index is 13.5. The first kappa shape index (κ1) is 24.3. The Kier molecular flexibility index (Phi) is 8.18. The van der Waals surface area contributed by atoms with Crippen molar-refractivity contribution in [3.05, 3.63) is 58.1 Å². The Morgan fingerprint density at radius 2 is 1.94 bits per heavy atom. The fourth-order valence-corrected chi connectivity index (χ4v) is 5.47. The van der Waals surface area contributed by atoms with E-state index < -0.39 is 5.41 Å². The summed E-state index contributed by atoms with van der Waals surface area (Å²) < 4.78 is 11.5. The van der Waals surface area contributed by atoms with Gasteiger partial charge in [0.1, 0.15) is 12.4 Å². The molecule has 0 aromatic heterocycles. The van der Waals surface area contributed by atoms with E-state index in [2.05, 4.69) is 17.1 Å². The molecule has 0 saturated carbocycles. The Hall–Kier alpha value is -1.79.